The quantitative estimate of drug-likeness (QED) is 0.690. The molecule has 5 rings (SSSR count). The van der Waals surface area contributed by atoms with Gasteiger partial charge in [-0.05, 0) is 38.2 Å². The Morgan fingerprint density at radius 1 is 0.933 bits per heavy atom. The zero-order valence-electron chi connectivity index (χ0n) is 17.5. The van der Waals surface area contributed by atoms with E-state index in [-0.39, 0.29) is 12.4 Å². The minimum Gasteiger partial charge on any atom is -0.341 e. The van der Waals surface area contributed by atoms with E-state index >= 15 is 0 Å². The highest BCUT2D eigenvalue weighted by molar-refractivity contribution is 5.85. The van der Waals surface area contributed by atoms with E-state index in [1.54, 1.807) is 0 Å². The summed E-state index contributed by atoms with van der Waals surface area (Å²) in [5.41, 5.74) is 6.18. The molecular formula is C23H29ClN6. The van der Waals surface area contributed by atoms with Crippen LogP contribution in [0.4, 0.5) is 5.95 Å². The van der Waals surface area contributed by atoms with Gasteiger partial charge in [0.05, 0.1) is 0 Å². The molecule has 1 aliphatic heterocycles. The van der Waals surface area contributed by atoms with Crippen LogP contribution in [0.25, 0.3) is 11.4 Å². The number of anilines is 1. The maximum atomic E-state index is 4.87. The molecule has 0 atom stereocenters. The summed E-state index contributed by atoms with van der Waals surface area (Å²) in [7, 11) is 0. The lowest BCUT2D eigenvalue weighted by Gasteiger charge is -2.34. The molecule has 0 bridgehead atoms. The summed E-state index contributed by atoms with van der Waals surface area (Å²) in [6.07, 6.45) is 8.79. The summed E-state index contributed by atoms with van der Waals surface area (Å²) in [5, 5.41) is 0. The number of hydrogen-bond donors (Lipinski definition) is 1. The van der Waals surface area contributed by atoms with Crippen LogP contribution in [0.1, 0.15) is 35.4 Å². The van der Waals surface area contributed by atoms with Gasteiger partial charge >= 0.3 is 0 Å². The van der Waals surface area contributed by atoms with Crippen LogP contribution in [0.5, 0.6) is 0 Å². The van der Waals surface area contributed by atoms with Crippen molar-refractivity contribution in [2.75, 3.05) is 31.1 Å². The Morgan fingerprint density at radius 2 is 1.70 bits per heavy atom. The molecule has 30 heavy (non-hydrogen) atoms. The summed E-state index contributed by atoms with van der Waals surface area (Å²) in [5.74, 6) is 1.86. The first kappa shape index (κ1) is 20.8. The Balaban J connectivity index is 0.00000218. The van der Waals surface area contributed by atoms with E-state index in [0.29, 0.717) is 0 Å². The van der Waals surface area contributed by atoms with Crippen molar-refractivity contribution in [2.45, 2.75) is 39.2 Å². The van der Waals surface area contributed by atoms with Gasteiger partial charge in [-0.15, -0.1) is 12.4 Å². The van der Waals surface area contributed by atoms with Gasteiger partial charge in [0.25, 0.3) is 0 Å². The lowest BCUT2D eigenvalue weighted by molar-refractivity contribution is 0.246. The van der Waals surface area contributed by atoms with Crippen LogP contribution in [0, 0.1) is 6.92 Å². The fraction of sp³-hybridized carbons (Fsp3) is 0.435. The SMILES string of the molecule is Cc1ccc(-c2ncc(CN3CCN(c4ncc5c(n4)CCCC5)CC3)[nH]2)cc1.Cl. The number of H-pyrrole nitrogens is 1. The Labute approximate surface area is 184 Å². The van der Waals surface area contributed by atoms with Crippen molar-refractivity contribution < 1.29 is 0 Å². The molecule has 158 valence electrons. The summed E-state index contributed by atoms with van der Waals surface area (Å²) in [6, 6.07) is 8.49. The van der Waals surface area contributed by atoms with Gasteiger partial charge in [0.15, 0.2) is 0 Å². The average Bonchev–Trinajstić information content (AvgIpc) is 3.23. The third-order valence-electron chi connectivity index (χ3n) is 6.05. The Morgan fingerprint density at radius 3 is 2.50 bits per heavy atom. The van der Waals surface area contributed by atoms with Gasteiger partial charge in [0.2, 0.25) is 5.95 Å². The number of fused-ring (bicyclic) bond motifs is 1. The largest absolute Gasteiger partial charge is 0.341 e. The number of imidazole rings is 1. The second-order valence-corrected chi connectivity index (χ2v) is 8.24. The number of piperazine rings is 1. The molecule has 0 radical (unpaired) electrons. The molecule has 1 aliphatic carbocycles. The van der Waals surface area contributed by atoms with E-state index in [2.05, 4.69) is 62.1 Å². The number of aromatic amines is 1. The number of hydrogen-bond acceptors (Lipinski definition) is 5. The van der Waals surface area contributed by atoms with Crippen LogP contribution in [0.3, 0.4) is 0 Å². The first-order valence-electron chi connectivity index (χ1n) is 10.7. The van der Waals surface area contributed by atoms with E-state index in [1.807, 2.05) is 6.20 Å². The normalized spacial score (nSPS) is 16.8. The summed E-state index contributed by atoms with van der Waals surface area (Å²) in [6.45, 7) is 6.97. The monoisotopic (exact) mass is 424 g/mol. The van der Waals surface area contributed by atoms with Gasteiger partial charge in [-0.3, -0.25) is 4.90 Å². The summed E-state index contributed by atoms with van der Waals surface area (Å²) < 4.78 is 0. The average molecular weight is 425 g/mol. The van der Waals surface area contributed by atoms with Crippen molar-refractivity contribution in [3.63, 3.8) is 0 Å². The van der Waals surface area contributed by atoms with Crippen molar-refractivity contribution in [2.24, 2.45) is 0 Å². The molecule has 1 saturated heterocycles. The summed E-state index contributed by atoms with van der Waals surface area (Å²) >= 11 is 0. The molecule has 1 N–H and O–H groups in total. The zero-order valence-corrected chi connectivity index (χ0v) is 18.3. The number of rotatable bonds is 4. The summed E-state index contributed by atoms with van der Waals surface area (Å²) in [4.78, 5) is 22.4. The molecule has 1 aromatic carbocycles. The highest BCUT2D eigenvalue weighted by atomic mass is 35.5. The lowest BCUT2D eigenvalue weighted by Crippen LogP contribution is -2.46. The first-order chi connectivity index (χ1) is 14.2. The zero-order chi connectivity index (χ0) is 19.6. The first-order valence-corrected chi connectivity index (χ1v) is 10.7. The van der Waals surface area contributed by atoms with Crippen LogP contribution >= 0.6 is 12.4 Å². The molecule has 0 saturated carbocycles. The van der Waals surface area contributed by atoms with Crippen molar-refractivity contribution in [3.05, 3.63) is 59.2 Å². The van der Waals surface area contributed by atoms with Crippen molar-refractivity contribution >= 4 is 18.4 Å². The number of aromatic nitrogens is 4. The number of nitrogens with zero attached hydrogens (tertiary/aromatic N) is 5. The van der Waals surface area contributed by atoms with Crippen LogP contribution in [0.2, 0.25) is 0 Å². The molecule has 1 fully saturated rings. The van der Waals surface area contributed by atoms with Crippen LogP contribution < -0.4 is 4.90 Å². The Kier molecular flexibility index (Phi) is 6.35. The molecule has 3 heterocycles. The standard InChI is InChI=1S/C23H28N6.ClH/c1-17-6-8-18(9-7-17)22-24-15-20(26-22)16-28-10-12-29(13-11-28)23-25-14-19-4-2-3-5-21(19)27-23;/h6-9,14-15H,2-5,10-13,16H2,1H3,(H,24,26);1H. The van der Waals surface area contributed by atoms with E-state index in [1.165, 1.54) is 35.4 Å². The Bertz CT molecular complexity index is 976. The third-order valence-corrected chi connectivity index (χ3v) is 6.05. The van der Waals surface area contributed by atoms with Gasteiger partial charge in [-0.2, -0.15) is 0 Å². The molecule has 2 aliphatic rings. The maximum Gasteiger partial charge on any atom is 0.225 e. The fourth-order valence-electron chi connectivity index (χ4n) is 4.26. The second-order valence-electron chi connectivity index (χ2n) is 8.24. The molecule has 6 nitrogen and oxygen atoms in total. The predicted molar refractivity (Wildman–Crippen MR) is 122 cm³/mol. The van der Waals surface area contributed by atoms with Crippen LogP contribution in [-0.2, 0) is 19.4 Å². The number of nitrogens with one attached hydrogen (secondary N) is 1. The van der Waals surface area contributed by atoms with Gasteiger partial charge in [-0.1, -0.05) is 29.8 Å². The highest BCUT2D eigenvalue weighted by Gasteiger charge is 2.21. The van der Waals surface area contributed by atoms with Crippen LogP contribution in [0.15, 0.2) is 36.7 Å². The molecule has 3 aromatic rings. The van der Waals surface area contributed by atoms with Crippen molar-refractivity contribution in [1.29, 1.82) is 0 Å². The topological polar surface area (TPSA) is 60.9 Å². The minimum atomic E-state index is 0. The number of benzene rings is 1. The van der Waals surface area contributed by atoms with E-state index < -0.39 is 0 Å². The van der Waals surface area contributed by atoms with Crippen molar-refractivity contribution in [3.8, 4) is 11.4 Å². The van der Waals surface area contributed by atoms with Gasteiger partial charge in [-0.25, -0.2) is 15.0 Å². The number of halogens is 1. The molecular weight excluding hydrogens is 396 g/mol. The molecule has 7 heteroatoms. The Hall–Kier alpha value is -2.44. The highest BCUT2D eigenvalue weighted by Crippen LogP contribution is 2.22. The maximum absolute atomic E-state index is 4.87. The second kappa shape index (κ2) is 9.14. The fourth-order valence-corrected chi connectivity index (χ4v) is 4.26. The van der Waals surface area contributed by atoms with Gasteiger partial charge in [0, 0.05) is 62.1 Å². The van der Waals surface area contributed by atoms with Gasteiger partial charge in [0.1, 0.15) is 5.82 Å². The van der Waals surface area contributed by atoms with Crippen molar-refractivity contribution in [1.82, 2.24) is 24.8 Å². The third kappa shape index (κ3) is 4.50. The van der Waals surface area contributed by atoms with Gasteiger partial charge < -0.3 is 9.88 Å². The van der Waals surface area contributed by atoms with E-state index in [4.69, 9.17) is 4.98 Å². The van der Waals surface area contributed by atoms with E-state index in [0.717, 1.165) is 62.9 Å². The number of aryl methyl sites for hydroxylation is 3. The molecule has 2 aromatic heterocycles. The molecule has 0 amide bonds. The smallest absolute Gasteiger partial charge is 0.225 e. The molecule has 0 spiro atoms. The van der Waals surface area contributed by atoms with Crippen LogP contribution in [-0.4, -0.2) is 51.0 Å². The van der Waals surface area contributed by atoms with E-state index in [9.17, 15) is 0 Å². The molecule has 0 unspecified atom stereocenters. The predicted octanol–water partition coefficient (Wildman–Crippen LogP) is 3.80. The minimum absolute atomic E-state index is 0. The lowest BCUT2D eigenvalue weighted by atomic mass is 9.98.